The van der Waals surface area contributed by atoms with Crippen molar-refractivity contribution in [1.29, 1.82) is 0 Å². The molecule has 0 saturated carbocycles. The number of carbonyl (C=O) groups is 2. The van der Waals surface area contributed by atoms with Crippen molar-refractivity contribution in [2.24, 2.45) is 5.92 Å². The third-order valence-corrected chi connectivity index (χ3v) is 4.98. The Labute approximate surface area is 145 Å². The highest BCUT2D eigenvalue weighted by molar-refractivity contribution is 8.01. The maximum Gasteiger partial charge on any atom is 0.238 e. The van der Waals surface area contributed by atoms with E-state index in [1.54, 1.807) is 12.1 Å². The zero-order valence-electron chi connectivity index (χ0n) is 13.1. The van der Waals surface area contributed by atoms with Crippen LogP contribution in [0.1, 0.15) is 26.7 Å². The molecule has 0 aliphatic carbocycles. The fraction of sp³-hybridized carbons (Fsp3) is 0.500. The number of anilines is 1. The molecule has 1 aromatic rings. The van der Waals surface area contributed by atoms with Crippen molar-refractivity contribution in [2.75, 3.05) is 11.9 Å². The van der Waals surface area contributed by atoms with Crippen LogP contribution < -0.4 is 10.6 Å². The Morgan fingerprint density at radius 1 is 1.48 bits per heavy atom. The molecule has 0 unspecified atom stereocenters. The van der Waals surface area contributed by atoms with Crippen LogP contribution in [0.2, 0.25) is 5.02 Å². The summed E-state index contributed by atoms with van der Waals surface area (Å²) >= 11 is 7.27. The fourth-order valence-corrected chi connectivity index (χ4v) is 3.72. The van der Waals surface area contributed by atoms with Crippen LogP contribution in [0.25, 0.3) is 0 Å². The molecule has 0 saturated heterocycles. The van der Waals surface area contributed by atoms with Gasteiger partial charge in [0.2, 0.25) is 11.8 Å². The molecule has 5 nitrogen and oxygen atoms in total. The molecular weight excluding hydrogens is 336 g/mol. The van der Waals surface area contributed by atoms with Gasteiger partial charge in [-0.05, 0) is 30.5 Å². The standard InChI is InChI=1S/C16H21ClN2O3S/c1-9(2)5-11(8-20)18-15(21)7-14-16(22)19-12-6-10(17)3-4-13(12)23-14/h3-4,6,9,11,14,20H,5,7-8H2,1-2H3,(H,18,21)(H,19,22)/t11-,14+/m1/s1. The quantitative estimate of drug-likeness (QED) is 0.732. The largest absolute Gasteiger partial charge is 0.394 e. The first-order chi connectivity index (χ1) is 10.9. The molecule has 1 aromatic carbocycles. The van der Waals surface area contributed by atoms with Gasteiger partial charge in [0.05, 0.1) is 23.6 Å². The average Bonchev–Trinajstić information content (AvgIpc) is 2.47. The second-order valence-corrected chi connectivity index (χ2v) is 7.70. The molecule has 1 heterocycles. The number of aliphatic hydroxyl groups is 1. The Hall–Kier alpha value is -1.24. The maximum atomic E-state index is 12.1. The summed E-state index contributed by atoms with van der Waals surface area (Å²) in [6, 6.07) is 5.02. The van der Waals surface area contributed by atoms with Crippen molar-refractivity contribution in [3.05, 3.63) is 23.2 Å². The van der Waals surface area contributed by atoms with E-state index in [1.165, 1.54) is 11.8 Å². The van der Waals surface area contributed by atoms with Crippen molar-refractivity contribution in [3.63, 3.8) is 0 Å². The summed E-state index contributed by atoms with van der Waals surface area (Å²) < 4.78 is 0. The monoisotopic (exact) mass is 356 g/mol. The summed E-state index contributed by atoms with van der Waals surface area (Å²) in [7, 11) is 0. The Morgan fingerprint density at radius 2 is 2.22 bits per heavy atom. The second-order valence-electron chi connectivity index (χ2n) is 6.02. The number of hydrogen-bond acceptors (Lipinski definition) is 4. The molecule has 2 atom stereocenters. The van der Waals surface area contributed by atoms with Crippen LogP contribution in [0, 0.1) is 5.92 Å². The Morgan fingerprint density at radius 3 is 2.87 bits per heavy atom. The molecule has 0 spiro atoms. The molecule has 7 heteroatoms. The van der Waals surface area contributed by atoms with Crippen molar-refractivity contribution in [1.82, 2.24) is 5.32 Å². The minimum Gasteiger partial charge on any atom is -0.394 e. The van der Waals surface area contributed by atoms with Crippen molar-refractivity contribution in [2.45, 2.75) is 42.9 Å². The van der Waals surface area contributed by atoms with Gasteiger partial charge in [-0.3, -0.25) is 9.59 Å². The lowest BCUT2D eigenvalue weighted by Gasteiger charge is -2.25. The molecule has 0 aromatic heterocycles. The lowest BCUT2D eigenvalue weighted by Crippen LogP contribution is -2.41. The molecule has 23 heavy (non-hydrogen) atoms. The van der Waals surface area contributed by atoms with E-state index in [0.717, 1.165) is 4.90 Å². The minimum atomic E-state index is -0.484. The smallest absolute Gasteiger partial charge is 0.238 e. The lowest BCUT2D eigenvalue weighted by molar-refractivity contribution is -0.124. The van der Waals surface area contributed by atoms with E-state index in [-0.39, 0.29) is 30.9 Å². The average molecular weight is 357 g/mol. The zero-order valence-corrected chi connectivity index (χ0v) is 14.7. The Bertz CT molecular complexity index is 595. The van der Waals surface area contributed by atoms with E-state index < -0.39 is 5.25 Å². The van der Waals surface area contributed by atoms with E-state index in [2.05, 4.69) is 10.6 Å². The van der Waals surface area contributed by atoms with Crippen LogP contribution in [0.4, 0.5) is 5.69 Å². The second kappa shape index (κ2) is 8.04. The highest BCUT2D eigenvalue weighted by Crippen LogP contribution is 2.38. The van der Waals surface area contributed by atoms with Gasteiger partial charge in [0.1, 0.15) is 0 Å². The zero-order chi connectivity index (χ0) is 17.0. The SMILES string of the molecule is CC(C)C[C@H](CO)NC(=O)C[C@@H]1Sc2ccc(Cl)cc2NC1=O. The van der Waals surface area contributed by atoms with Gasteiger partial charge in [-0.2, -0.15) is 0 Å². The number of hydrogen-bond donors (Lipinski definition) is 3. The summed E-state index contributed by atoms with van der Waals surface area (Å²) in [5, 5.41) is 15.0. The van der Waals surface area contributed by atoms with Crippen LogP contribution >= 0.6 is 23.4 Å². The van der Waals surface area contributed by atoms with E-state index in [1.807, 2.05) is 19.9 Å². The number of rotatable bonds is 6. The molecule has 0 bridgehead atoms. The number of benzene rings is 1. The Kier molecular flexibility index (Phi) is 6.33. The molecule has 3 N–H and O–H groups in total. The van der Waals surface area contributed by atoms with Crippen molar-refractivity contribution >= 4 is 40.9 Å². The molecule has 1 aliphatic heterocycles. The Balaban J connectivity index is 1.96. The van der Waals surface area contributed by atoms with Gasteiger partial charge in [0.15, 0.2) is 0 Å². The van der Waals surface area contributed by atoms with Gasteiger partial charge in [-0.15, -0.1) is 11.8 Å². The van der Waals surface area contributed by atoms with Gasteiger partial charge in [-0.1, -0.05) is 25.4 Å². The van der Waals surface area contributed by atoms with Gasteiger partial charge in [-0.25, -0.2) is 0 Å². The number of halogens is 1. The van der Waals surface area contributed by atoms with Gasteiger partial charge in [0, 0.05) is 16.3 Å². The van der Waals surface area contributed by atoms with Crippen LogP contribution in [0.15, 0.2) is 23.1 Å². The van der Waals surface area contributed by atoms with Crippen LogP contribution in [0.3, 0.4) is 0 Å². The van der Waals surface area contributed by atoms with E-state index in [9.17, 15) is 14.7 Å². The van der Waals surface area contributed by atoms with Crippen molar-refractivity contribution in [3.8, 4) is 0 Å². The third kappa shape index (κ3) is 5.12. The highest BCUT2D eigenvalue weighted by Gasteiger charge is 2.29. The summed E-state index contributed by atoms with van der Waals surface area (Å²) in [6.45, 7) is 3.96. The van der Waals surface area contributed by atoms with E-state index >= 15 is 0 Å². The summed E-state index contributed by atoms with van der Waals surface area (Å²) in [5.41, 5.74) is 0.678. The number of fused-ring (bicyclic) bond motifs is 1. The number of nitrogens with one attached hydrogen (secondary N) is 2. The molecule has 0 fully saturated rings. The number of carbonyl (C=O) groups excluding carboxylic acids is 2. The van der Waals surface area contributed by atoms with Crippen molar-refractivity contribution < 1.29 is 14.7 Å². The van der Waals surface area contributed by atoms with Gasteiger partial charge in [0.25, 0.3) is 0 Å². The minimum absolute atomic E-state index is 0.0765. The summed E-state index contributed by atoms with van der Waals surface area (Å²) in [6.07, 6.45) is 0.779. The van der Waals surface area contributed by atoms with Crippen LogP contribution in [-0.2, 0) is 9.59 Å². The molecular formula is C16H21ClN2O3S. The van der Waals surface area contributed by atoms with Gasteiger partial charge >= 0.3 is 0 Å². The first-order valence-corrected chi connectivity index (χ1v) is 8.82. The maximum absolute atomic E-state index is 12.1. The van der Waals surface area contributed by atoms with Crippen LogP contribution in [-0.4, -0.2) is 34.8 Å². The first-order valence-electron chi connectivity index (χ1n) is 7.56. The number of amides is 2. The number of aliphatic hydroxyl groups excluding tert-OH is 1. The topological polar surface area (TPSA) is 78.4 Å². The predicted molar refractivity (Wildman–Crippen MR) is 92.8 cm³/mol. The fourth-order valence-electron chi connectivity index (χ4n) is 2.46. The first kappa shape index (κ1) is 18.1. The van der Waals surface area contributed by atoms with Crippen LogP contribution in [0.5, 0.6) is 0 Å². The molecule has 126 valence electrons. The number of thioether (sulfide) groups is 1. The van der Waals surface area contributed by atoms with E-state index in [0.29, 0.717) is 23.0 Å². The molecule has 1 aliphatic rings. The normalized spacial score (nSPS) is 18.3. The third-order valence-electron chi connectivity index (χ3n) is 3.47. The predicted octanol–water partition coefficient (Wildman–Crippen LogP) is 2.67. The molecule has 2 rings (SSSR count). The molecule has 2 amide bonds. The lowest BCUT2D eigenvalue weighted by atomic mass is 10.0. The summed E-state index contributed by atoms with van der Waals surface area (Å²) in [5.74, 6) is -0.0597. The van der Waals surface area contributed by atoms with E-state index in [4.69, 9.17) is 11.6 Å². The highest BCUT2D eigenvalue weighted by atomic mass is 35.5. The summed E-state index contributed by atoms with van der Waals surface area (Å²) in [4.78, 5) is 25.2. The molecule has 0 radical (unpaired) electrons. The van der Waals surface area contributed by atoms with Gasteiger partial charge < -0.3 is 15.7 Å².